The van der Waals surface area contributed by atoms with E-state index in [4.69, 9.17) is 4.98 Å². The van der Waals surface area contributed by atoms with Gasteiger partial charge in [0.2, 0.25) is 0 Å². The van der Waals surface area contributed by atoms with E-state index in [0.717, 1.165) is 5.82 Å². The maximum absolute atomic E-state index is 4.75. The first kappa shape index (κ1) is 12.9. The Morgan fingerprint density at radius 1 is 0.957 bits per heavy atom. The molecule has 0 amide bonds. The molecule has 2 nitrogen and oxygen atoms in total. The van der Waals surface area contributed by atoms with Crippen molar-refractivity contribution < 1.29 is 0 Å². The quantitative estimate of drug-likeness (QED) is 0.456. The van der Waals surface area contributed by atoms with Gasteiger partial charge in [0, 0.05) is 27.9 Å². The molecule has 3 heterocycles. The minimum absolute atomic E-state index is 0.0392. The van der Waals surface area contributed by atoms with Crippen LogP contribution in [-0.2, 0) is 5.41 Å². The first-order valence-electron chi connectivity index (χ1n) is 8.09. The van der Waals surface area contributed by atoms with Crippen molar-refractivity contribution in [3.05, 3.63) is 65.9 Å². The van der Waals surface area contributed by atoms with E-state index >= 15 is 0 Å². The van der Waals surface area contributed by atoms with Gasteiger partial charge in [0.15, 0.2) is 0 Å². The summed E-state index contributed by atoms with van der Waals surface area (Å²) in [6.45, 7) is 4.60. The third kappa shape index (κ3) is 1.47. The maximum atomic E-state index is 4.75. The Morgan fingerprint density at radius 3 is 2.65 bits per heavy atom. The number of fused-ring (bicyclic) bond motifs is 5. The zero-order chi connectivity index (χ0) is 15.8. The summed E-state index contributed by atoms with van der Waals surface area (Å²) < 4.78 is 2.35. The highest BCUT2D eigenvalue weighted by Gasteiger charge is 2.35. The topological polar surface area (TPSA) is 17.8 Å². The van der Waals surface area contributed by atoms with E-state index in [-0.39, 0.29) is 5.41 Å². The van der Waals surface area contributed by atoms with Crippen LogP contribution in [0.15, 0.2) is 54.7 Å². The lowest BCUT2D eigenvalue weighted by atomic mass is 9.76. The minimum Gasteiger partial charge on any atom is -0.293 e. The number of rotatable bonds is 0. The molecule has 3 heteroatoms. The fourth-order valence-electron chi connectivity index (χ4n) is 4.12. The highest BCUT2D eigenvalue weighted by atomic mass is 15.1. The van der Waals surface area contributed by atoms with Crippen molar-refractivity contribution in [2.24, 2.45) is 0 Å². The number of aromatic nitrogens is 2. The first-order valence-corrected chi connectivity index (χ1v) is 8.09. The van der Waals surface area contributed by atoms with Gasteiger partial charge in [-0.25, -0.2) is 4.98 Å². The summed E-state index contributed by atoms with van der Waals surface area (Å²) in [4.78, 5) is 4.75. The van der Waals surface area contributed by atoms with Gasteiger partial charge in [-0.2, -0.15) is 0 Å². The van der Waals surface area contributed by atoms with Crippen molar-refractivity contribution in [2.75, 3.05) is 0 Å². The SMILES string of the molecule is Bc1ccc2c(c1)c1cccc3c1n2-c1ncccc1C3(C)C. The van der Waals surface area contributed by atoms with Crippen LogP contribution in [0.3, 0.4) is 0 Å². The Kier molecular flexibility index (Phi) is 2.28. The predicted octanol–water partition coefficient (Wildman–Crippen LogP) is 3.08. The smallest absolute Gasteiger partial charge is 0.141 e. The largest absolute Gasteiger partial charge is 0.293 e. The number of para-hydroxylation sites is 1. The zero-order valence-electron chi connectivity index (χ0n) is 13.6. The molecule has 2 aromatic carbocycles. The molecular weight excluding hydrogens is 279 g/mol. The number of hydrogen-bond donors (Lipinski definition) is 0. The number of hydrogen-bond acceptors (Lipinski definition) is 1. The first-order chi connectivity index (χ1) is 11.1. The number of benzene rings is 2. The summed E-state index contributed by atoms with van der Waals surface area (Å²) in [5.74, 6) is 1.07. The van der Waals surface area contributed by atoms with E-state index in [1.54, 1.807) is 0 Å². The average Bonchev–Trinajstić information content (AvgIpc) is 2.88. The van der Waals surface area contributed by atoms with Crippen LogP contribution in [0.1, 0.15) is 25.0 Å². The van der Waals surface area contributed by atoms with Crippen LogP contribution in [0.4, 0.5) is 0 Å². The fraction of sp³-hybridized carbons (Fsp3) is 0.150. The fourth-order valence-corrected chi connectivity index (χ4v) is 4.12. The second-order valence-electron chi connectivity index (χ2n) is 7.06. The van der Waals surface area contributed by atoms with Crippen molar-refractivity contribution in [1.82, 2.24) is 9.55 Å². The predicted molar refractivity (Wildman–Crippen MR) is 98.9 cm³/mol. The van der Waals surface area contributed by atoms with Crippen LogP contribution in [0.2, 0.25) is 0 Å². The molecule has 0 unspecified atom stereocenters. The molecule has 0 saturated carbocycles. The minimum atomic E-state index is -0.0392. The van der Waals surface area contributed by atoms with Gasteiger partial charge in [0.05, 0.1) is 11.0 Å². The monoisotopic (exact) mass is 296 g/mol. The highest BCUT2D eigenvalue weighted by Crippen LogP contribution is 2.46. The van der Waals surface area contributed by atoms with Gasteiger partial charge in [-0.05, 0) is 17.7 Å². The molecular formula is C20H17BN2. The Bertz CT molecular complexity index is 1110. The van der Waals surface area contributed by atoms with Crippen molar-refractivity contribution in [3.8, 4) is 5.82 Å². The van der Waals surface area contributed by atoms with E-state index in [2.05, 4.69) is 68.7 Å². The molecule has 0 fully saturated rings. The lowest BCUT2D eigenvalue weighted by Gasteiger charge is -2.33. The van der Waals surface area contributed by atoms with E-state index in [0.29, 0.717) is 0 Å². The third-order valence-corrected chi connectivity index (χ3v) is 5.29. The maximum Gasteiger partial charge on any atom is 0.141 e. The summed E-state index contributed by atoms with van der Waals surface area (Å²) in [5, 5.41) is 2.64. The van der Waals surface area contributed by atoms with E-state index in [9.17, 15) is 0 Å². The standard InChI is InChI=1S/C20H17BN2/c1-20(2)15-6-3-5-13-14-11-12(21)8-9-17(14)23(18(13)15)19-16(20)7-4-10-22-19/h3-11H,21H2,1-2H3. The molecule has 0 spiro atoms. The molecule has 2 aromatic heterocycles. The van der Waals surface area contributed by atoms with Crippen molar-refractivity contribution >= 4 is 35.1 Å². The average molecular weight is 296 g/mol. The van der Waals surface area contributed by atoms with Crippen molar-refractivity contribution in [2.45, 2.75) is 19.3 Å². The summed E-state index contributed by atoms with van der Waals surface area (Å²) in [7, 11) is 2.16. The van der Waals surface area contributed by atoms with Gasteiger partial charge < -0.3 is 0 Å². The van der Waals surface area contributed by atoms with Gasteiger partial charge >= 0.3 is 0 Å². The second-order valence-corrected chi connectivity index (χ2v) is 7.06. The summed E-state index contributed by atoms with van der Waals surface area (Å²) in [5.41, 5.74) is 6.48. The lowest BCUT2D eigenvalue weighted by molar-refractivity contribution is 0.624. The Labute approximate surface area is 136 Å². The molecule has 0 bridgehead atoms. The van der Waals surface area contributed by atoms with E-state index < -0.39 is 0 Å². The molecule has 0 N–H and O–H groups in total. The molecule has 1 aliphatic rings. The van der Waals surface area contributed by atoms with Gasteiger partial charge in [-0.3, -0.25) is 4.57 Å². The van der Waals surface area contributed by atoms with E-state index in [1.807, 2.05) is 12.3 Å². The highest BCUT2D eigenvalue weighted by molar-refractivity contribution is 6.34. The molecule has 0 aliphatic carbocycles. The normalized spacial score (nSPS) is 15.0. The van der Waals surface area contributed by atoms with Crippen LogP contribution in [0, 0.1) is 0 Å². The summed E-state index contributed by atoms with van der Waals surface area (Å²) >= 11 is 0. The van der Waals surface area contributed by atoms with E-state index in [1.165, 1.54) is 38.4 Å². The lowest BCUT2D eigenvalue weighted by Crippen LogP contribution is -2.26. The van der Waals surface area contributed by atoms with Gasteiger partial charge in [-0.1, -0.05) is 55.7 Å². The zero-order valence-corrected chi connectivity index (χ0v) is 13.6. The molecule has 5 rings (SSSR count). The van der Waals surface area contributed by atoms with Gasteiger partial charge in [-0.15, -0.1) is 0 Å². The molecule has 23 heavy (non-hydrogen) atoms. The van der Waals surface area contributed by atoms with Crippen LogP contribution >= 0.6 is 0 Å². The Morgan fingerprint density at radius 2 is 1.78 bits per heavy atom. The third-order valence-electron chi connectivity index (χ3n) is 5.29. The molecule has 0 atom stereocenters. The molecule has 0 saturated heterocycles. The van der Waals surface area contributed by atoms with Gasteiger partial charge in [0.1, 0.15) is 13.7 Å². The van der Waals surface area contributed by atoms with Crippen molar-refractivity contribution in [3.63, 3.8) is 0 Å². The molecule has 110 valence electrons. The van der Waals surface area contributed by atoms with Crippen molar-refractivity contribution in [1.29, 1.82) is 0 Å². The Hall–Kier alpha value is -2.55. The van der Waals surface area contributed by atoms with Crippen LogP contribution in [0.5, 0.6) is 0 Å². The number of pyridine rings is 1. The van der Waals surface area contributed by atoms with Crippen LogP contribution in [-0.4, -0.2) is 17.4 Å². The Balaban J connectivity index is 2.13. The van der Waals surface area contributed by atoms with Crippen LogP contribution < -0.4 is 5.46 Å². The molecule has 4 aromatic rings. The molecule has 1 aliphatic heterocycles. The number of nitrogens with zero attached hydrogens (tertiary/aromatic N) is 2. The van der Waals surface area contributed by atoms with Gasteiger partial charge in [0.25, 0.3) is 0 Å². The summed E-state index contributed by atoms with van der Waals surface area (Å²) in [6.07, 6.45) is 1.90. The second kappa shape index (κ2) is 4.05. The van der Waals surface area contributed by atoms with Crippen LogP contribution in [0.25, 0.3) is 27.6 Å². The molecule has 0 radical (unpaired) electrons. The summed E-state index contributed by atoms with van der Waals surface area (Å²) in [6, 6.07) is 17.6.